The zero-order valence-corrected chi connectivity index (χ0v) is 20.1. The number of aryl methyl sites for hydroxylation is 2. The number of ether oxygens (including phenoxy) is 1. The second-order valence-corrected chi connectivity index (χ2v) is 8.85. The molecule has 1 amide bonds. The van der Waals surface area contributed by atoms with Crippen LogP contribution in [0.25, 0.3) is 22.6 Å². The highest BCUT2D eigenvalue weighted by atomic mass is 16.6. The lowest BCUT2D eigenvalue weighted by molar-refractivity contribution is -0.137. The molecular weight excluding hydrogens is 462 g/mol. The number of aromatic nitrogens is 5. The second-order valence-electron chi connectivity index (χ2n) is 8.85. The number of pyridine rings is 1. The summed E-state index contributed by atoms with van der Waals surface area (Å²) in [6.07, 6.45) is -0.301. The van der Waals surface area contributed by atoms with Crippen molar-refractivity contribution < 1.29 is 19.7 Å². The van der Waals surface area contributed by atoms with Gasteiger partial charge in [-0.3, -0.25) is 14.3 Å². The molecule has 1 aliphatic rings. The molecule has 0 aliphatic carbocycles. The lowest BCUT2D eigenvalue weighted by Crippen LogP contribution is -2.41. The van der Waals surface area contributed by atoms with Gasteiger partial charge in [-0.15, -0.1) is 0 Å². The molecule has 1 unspecified atom stereocenters. The van der Waals surface area contributed by atoms with E-state index in [1.807, 2.05) is 6.07 Å². The number of nitrogens with zero attached hydrogens (tertiary/aromatic N) is 5. The summed E-state index contributed by atoms with van der Waals surface area (Å²) in [6.45, 7) is 4.61. The summed E-state index contributed by atoms with van der Waals surface area (Å²) < 4.78 is 7.26. The maximum absolute atomic E-state index is 12.1. The molecule has 0 bridgehead atoms. The number of anilines is 1. The monoisotopic (exact) mass is 489 g/mol. The van der Waals surface area contributed by atoms with E-state index in [0.717, 1.165) is 16.7 Å². The van der Waals surface area contributed by atoms with Gasteiger partial charge in [0.1, 0.15) is 12.2 Å². The van der Waals surface area contributed by atoms with Gasteiger partial charge in [-0.05, 0) is 31.5 Å². The van der Waals surface area contributed by atoms with E-state index in [1.165, 1.54) is 17.9 Å². The molecular formula is C25H27N7O4. The maximum atomic E-state index is 12.1. The summed E-state index contributed by atoms with van der Waals surface area (Å²) in [4.78, 5) is 30.2. The standard InChI is InChI=1S/C25H27N7O4/c1-13-7-14(2)9-15(8-13)10-28-22-17-23(31-21(30-22)16-5-4-6-27-11-16)32(12-29-17)25-19(34)18(33)20(36-25)24(35)26-3/h4-9,11-12,18-20,25,33-34H,10H2,1-3H3,(H,26,35)(H,28,30,31)/t18?,19-,20+,25-/m1/s1. The Kier molecular flexibility index (Phi) is 6.35. The molecule has 1 fully saturated rings. The van der Waals surface area contributed by atoms with Crippen molar-refractivity contribution in [2.45, 2.75) is 44.9 Å². The minimum Gasteiger partial charge on any atom is -0.387 e. The van der Waals surface area contributed by atoms with E-state index in [4.69, 9.17) is 9.72 Å². The van der Waals surface area contributed by atoms with Gasteiger partial charge in [-0.1, -0.05) is 29.3 Å². The van der Waals surface area contributed by atoms with Crippen molar-refractivity contribution in [2.24, 2.45) is 0 Å². The minimum absolute atomic E-state index is 0.376. The van der Waals surface area contributed by atoms with Crippen LogP contribution in [0.4, 0.5) is 5.82 Å². The van der Waals surface area contributed by atoms with Gasteiger partial charge in [-0.25, -0.2) is 15.0 Å². The zero-order valence-electron chi connectivity index (χ0n) is 20.1. The predicted molar refractivity (Wildman–Crippen MR) is 132 cm³/mol. The van der Waals surface area contributed by atoms with Gasteiger partial charge in [-0.2, -0.15) is 0 Å². The van der Waals surface area contributed by atoms with Crippen LogP contribution in [-0.2, 0) is 16.1 Å². The molecule has 11 nitrogen and oxygen atoms in total. The molecule has 1 saturated heterocycles. The van der Waals surface area contributed by atoms with Crippen LogP contribution in [0.1, 0.15) is 22.9 Å². The van der Waals surface area contributed by atoms with Crippen LogP contribution in [0.2, 0.25) is 0 Å². The van der Waals surface area contributed by atoms with Crippen LogP contribution in [-0.4, -0.2) is 66.0 Å². The number of carbonyl (C=O) groups is 1. The lowest BCUT2D eigenvalue weighted by Gasteiger charge is -2.17. The molecule has 4 heterocycles. The number of nitrogens with one attached hydrogen (secondary N) is 2. The first-order chi connectivity index (χ1) is 17.4. The largest absolute Gasteiger partial charge is 0.387 e. The second kappa shape index (κ2) is 9.61. The molecule has 0 radical (unpaired) electrons. The normalized spacial score (nSPS) is 21.6. The maximum Gasteiger partial charge on any atom is 0.251 e. The van der Waals surface area contributed by atoms with E-state index in [1.54, 1.807) is 18.5 Å². The molecule has 0 spiro atoms. The number of fused-ring (bicyclic) bond motifs is 1. The fraction of sp³-hybridized carbons (Fsp3) is 0.320. The van der Waals surface area contributed by atoms with E-state index in [-0.39, 0.29) is 0 Å². The molecule has 36 heavy (non-hydrogen) atoms. The Morgan fingerprint density at radius 2 is 1.92 bits per heavy atom. The fourth-order valence-electron chi connectivity index (χ4n) is 4.46. The van der Waals surface area contributed by atoms with E-state index in [2.05, 4.69) is 57.6 Å². The first-order valence-corrected chi connectivity index (χ1v) is 11.5. The van der Waals surface area contributed by atoms with Gasteiger partial charge in [0.25, 0.3) is 5.91 Å². The summed E-state index contributed by atoms with van der Waals surface area (Å²) in [7, 11) is 1.44. The van der Waals surface area contributed by atoms with Gasteiger partial charge >= 0.3 is 0 Å². The summed E-state index contributed by atoms with van der Waals surface area (Å²) in [6, 6.07) is 9.94. The van der Waals surface area contributed by atoms with Crippen LogP contribution in [0, 0.1) is 13.8 Å². The number of amides is 1. The molecule has 11 heteroatoms. The summed E-state index contributed by atoms with van der Waals surface area (Å²) in [5, 5.41) is 26.9. The molecule has 1 aromatic carbocycles. The summed E-state index contributed by atoms with van der Waals surface area (Å²) >= 11 is 0. The molecule has 5 rings (SSSR count). The van der Waals surface area contributed by atoms with Crippen molar-refractivity contribution in [3.8, 4) is 11.4 Å². The van der Waals surface area contributed by atoms with Crippen molar-refractivity contribution in [3.63, 3.8) is 0 Å². The third-order valence-corrected chi connectivity index (χ3v) is 6.10. The Bertz CT molecular complexity index is 1390. The average Bonchev–Trinajstić information content (AvgIpc) is 3.42. The Morgan fingerprint density at radius 3 is 2.61 bits per heavy atom. The first kappa shape index (κ1) is 23.8. The Morgan fingerprint density at radius 1 is 1.14 bits per heavy atom. The number of aliphatic hydroxyl groups is 2. The molecule has 4 atom stereocenters. The number of benzene rings is 1. The molecule has 0 saturated carbocycles. The van der Waals surface area contributed by atoms with Crippen molar-refractivity contribution in [2.75, 3.05) is 12.4 Å². The number of hydrogen-bond donors (Lipinski definition) is 4. The topological polar surface area (TPSA) is 147 Å². The third kappa shape index (κ3) is 4.39. The highest BCUT2D eigenvalue weighted by Gasteiger charge is 2.47. The van der Waals surface area contributed by atoms with Crippen LogP contribution in [0.3, 0.4) is 0 Å². The van der Waals surface area contributed by atoms with Gasteiger partial charge in [0.2, 0.25) is 0 Å². The number of likely N-dealkylation sites (N-methyl/N-ethyl adjacent to an activating group) is 1. The van der Waals surface area contributed by atoms with E-state index in [0.29, 0.717) is 34.9 Å². The number of rotatable bonds is 6. The quantitative estimate of drug-likeness (QED) is 0.316. The summed E-state index contributed by atoms with van der Waals surface area (Å²) in [5.41, 5.74) is 4.94. The SMILES string of the molecule is CNC(=O)[C@H]1O[C@@H](n2cnc3c(NCc4cc(C)cc(C)c4)nc(-c4cccnc4)nc32)[C@H](O)C1O. The predicted octanol–water partition coefficient (Wildman–Crippen LogP) is 1.48. The van der Waals surface area contributed by atoms with Gasteiger partial charge in [0, 0.05) is 31.5 Å². The third-order valence-electron chi connectivity index (χ3n) is 6.10. The van der Waals surface area contributed by atoms with Crippen LogP contribution < -0.4 is 10.6 Å². The number of carbonyl (C=O) groups excluding carboxylic acids is 1. The smallest absolute Gasteiger partial charge is 0.251 e. The molecule has 4 aromatic rings. The van der Waals surface area contributed by atoms with Crippen LogP contribution >= 0.6 is 0 Å². The van der Waals surface area contributed by atoms with Gasteiger partial charge < -0.3 is 25.6 Å². The van der Waals surface area contributed by atoms with E-state index < -0.39 is 30.4 Å². The highest BCUT2D eigenvalue weighted by molar-refractivity contribution is 5.85. The fourth-order valence-corrected chi connectivity index (χ4v) is 4.46. The molecule has 4 N–H and O–H groups in total. The highest BCUT2D eigenvalue weighted by Crippen LogP contribution is 2.33. The van der Waals surface area contributed by atoms with Gasteiger partial charge in [0.15, 0.2) is 35.1 Å². The lowest BCUT2D eigenvalue weighted by atomic mass is 10.1. The minimum atomic E-state index is -1.41. The number of imidazole rings is 1. The van der Waals surface area contributed by atoms with Crippen LogP contribution in [0.15, 0.2) is 49.1 Å². The van der Waals surface area contributed by atoms with Crippen molar-refractivity contribution >= 4 is 22.9 Å². The van der Waals surface area contributed by atoms with Crippen molar-refractivity contribution in [3.05, 3.63) is 65.7 Å². The summed E-state index contributed by atoms with van der Waals surface area (Å²) in [5.74, 6) is 0.360. The zero-order chi connectivity index (χ0) is 25.4. The first-order valence-electron chi connectivity index (χ1n) is 11.5. The number of aliphatic hydroxyl groups excluding tert-OH is 2. The van der Waals surface area contributed by atoms with Crippen molar-refractivity contribution in [1.29, 1.82) is 0 Å². The van der Waals surface area contributed by atoms with Gasteiger partial charge in [0.05, 0.1) is 6.33 Å². The molecule has 186 valence electrons. The van der Waals surface area contributed by atoms with Crippen molar-refractivity contribution in [1.82, 2.24) is 29.8 Å². The average molecular weight is 490 g/mol. The van der Waals surface area contributed by atoms with E-state index in [9.17, 15) is 15.0 Å². The Labute approximate surface area is 207 Å². The Hall–Kier alpha value is -3.93. The number of hydrogen-bond acceptors (Lipinski definition) is 9. The molecule has 1 aliphatic heterocycles. The van der Waals surface area contributed by atoms with Crippen LogP contribution in [0.5, 0.6) is 0 Å². The molecule has 3 aromatic heterocycles. The van der Waals surface area contributed by atoms with E-state index >= 15 is 0 Å². The Balaban J connectivity index is 1.57.